The number of primary amides is 1. The molecule has 2 amide bonds. The number of carboxylic acids is 1. The van der Waals surface area contributed by atoms with Gasteiger partial charge in [0.1, 0.15) is 29.2 Å². The molecular weight excluding hydrogens is 676 g/mol. The normalized spacial score (nSPS) is 16.9. The van der Waals surface area contributed by atoms with Crippen LogP contribution < -0.4 is 15.8 Å². The number of carboxylic acid groups (broad SMARTS) is 1. The molecule has 14 nitrogen and oxygen atoms in total. The number of nitrogens with two attached hydrogens (primary N) is 1. The summed E-state index contributed by atoms with van der Waals surface area (Å²) in [5, 5.41) is 19.6. The quantitative estimate of drug-likeness (QED) is 0.201. The number of fused-ring (bicyclic) bond motifs is 1. The van der Waals surface area contributed by atoms with Crippen LogP contribution in [0.25, 0.3) is 5.69 Å². The van der Waals surface area contributed by atoms with Gasteiger partial charge in [0.25, 0.3) is 5.91 Å². The highest BCUT2D eigenvalue weighted by Gasteiger charge is 2.41. The number of nitrogens with one attached hydrogen (secondary N) is 2. The van der Waals surface area contributed by atoms with Crippen molar-refractivity contribution in [3.8, 4) is 11.4 Å². The van der Waals surface area contributed by atoms with Crippen molar-refractivity contribution in [3.63, 3.8) is 0 Å². The smallest absolute Gasteiger partial charge is 0.352 e. The molecule has 0 radical (unpaired) electrons. The molecule has 2 aliphatic heterocycles. The van der Waals surface area contributed by atoms with Crippen molar-refractivity contribution in [1.82, 2.24) is 24.0 Å². The maximum absolute atomic E-state index is 14.0. The van der Waals surface area contributed by atoms with E-state index in [0.717, 1.165) is 29.5 Å². The number of hydrogen-bond acceptors (Lipinski definition) is 8. The highest BCUT2D eigenvalue weighted by molar-refractivity contribution is 7.89. The molecular formula is C33H35F2N7O7S. The lowest BCUT2D eigenvalue weighted by Gasteiger charge is -2.36. The first-order valence-electron chi connectivity index (χ1n) is 15.6. The van der Waals surface area contributed by atoms with Gasteiger partial charge >= 0.3 is 5.97 Å². The Morgan fingerprint density at radius 3 is 2.40 bits per heavy atom. The molecule has 17 heteroatoms. The van der Waals surface area contributed by atoms with E-state index in [1.165, 1.54) is 35.0 Å². The fraction of sp³-hybridized carbons (Fsp3) is 0.333. The van der Waals surface area contributed by atoms with E-state index in [4.69, 9.17) is 10.5 Å². The number of aromatic carboxylic acids is 1. The number of amides is 2. The average molecular weight is 712 g/mol. The maximum atomic E-state index is 14.0. The zero-order chi connectivity index (χ0) is 36.1. The van der Waals surface area contributed by atoms with Crippen molar-refractivity contribution in [3.05, 3.63) is 88.4 Å². The van der Waals surface area contributed by atoms with Crippen LogP contribution in [-0.4, -0.2) is 88.1 Å². The van der Waals surface area contributed by atoms with Crippen LogP contribution in [0.5, 0.6) is 5.75 Å². The van der Waals surface area contributed by atoms with Gasteiger partial charge in [0.2, 0.25) is 15.9 Å². The van der Waals surface area contributed by atoms with Crippen LogP contribution >= 0.6 is 0 Å². The van der Waals surface area contributed by atoms with Gasteiger partial charge in [-0.15, -0.1) is 0 Å². The molecule has 4 heterocycles. The molecule has 0 bridgehead atoms. The van der Waals surface area contributed by atoms with Crippen LogP contribution in [0.4, 0.5) is 14.6 Å². The number of nitrogens with zero attached hydrogens (tertiary/aromatic N) is 4. The zero-order valence-corrected chi connectivity index (χ0v) is 28.2. The minimum Gasteiger partial charge on any atom is -0.488 e. The number of halogens is 2. The van der Waals surface area contributed by atoms with Gasteiger partial charge in [-0.2, -0.15) is 9.40 Å². The van der Waals surface area contributed by atoms with Crippen LogP contribution in [0.3, 0.4) is 0 Å². The summed E-state index contributed by atoms with van der Waals surface area (Å²) >= 11 is 0. The zero-order valence-electron chi connectivity index (χ0n) is 27.4. The minimum atomic E-state index is -4.41. The molecule has 0 spiro atoms. The van der Waals surface area contributed by atoms with Crippen LogP contribution in [-0.2, 0) is 22.0 Å². The van der Waals surface area contributed by atoms with E-state index >= 15 is 0 Å². The number of carbonyl (C=O) groups is 3. The summed E-state index contributed by atoms with van der Waals surface area (Å²) in [5.41, 5.74) is 5.28. The van der Waals surface area contributed by atoms with E-state index in [2.05, 4.69) is 20.4 Å². The number of hydrogen-bond donors (Lipinski definition) is 4. The maximum Gasteiger partial charge on any atom is 0.352 e. The molecule has 2 aliphatic rings. The molecule has 0 unspecified atom stereocenters. The number of anilines is 1. The summed E-state index contributed by atoms with van der Waals surface area (Å²) in [6.45, 7) is 4.61. The van der Waals surface area contributed by atoms with Crippen molar-refractivity contribution in [2.75, 3.05) is 32.0 Å². The number of likely N-dealkylation sites (tertiary alicyclic amines) is 1. The van der Waals surface area contributed by atoms with E-state index in [1.54, 1.807) is 13.8 Å². The molecule has 6 rings (SSSR count). The second-order valence-corrected chi connectivity index (χ2v) is 15.0. The summed E-state index contributed by atoms with van der Waals surface area (Å²) in [6, 6.07) is 7.53. The monoisotopic (exact) mass is 711 g/mol. The SMILES string of the molecule is CN1CCC(Oc2cc(C(N)=O)c(C(=O)Nc3n[nH]c4c3CN(S(=O)(=O)c3cc(F)cc(F)c3)CC4(C)C)cc2-n2cccc2C(=O)O)CC1. The second-order valence-electron chi connectivity index (χ2n) is 13.1. The molecule has 0 saturated carbocycles. The van der Waals surface area contributed by atoms with Gasteiger partial charge in [-0.3, -0.25) is 14.7 Å². The third-order valence-electron chi connectivity index (χ3n) is 8.95. The van der Waals surface area contributed by atoms with Crippen LogP contribution in [0.1, 0.15) is 69.2 Å². The van der Waals surface area contributed by atoms with Crippen molar-refractivity contribution in [2.24, 2.45) is 5.73 Å². The van der Waals surface area contributed by atoms with Crippen molar-refractivity contribution in [2.45, 2.75) is 49.6 Å². The Labute approximate surface area is 285 Å². The summed E-state index contributed by atoms with van der Waals surface area (Å²) in [5.74, 6) is -5.06. The minimum absolute atomic E-state index is 0.0563. The van der Waals surface area contributed by atoms with E-state index in [1.807, 2.05) is 7.05 Å². The van der Waals surface area contributed by atoms with Gasteiger partial charge in [0.05, 0.1) is 21.7 Å². The van der Waals surface area contributed by atoms with E-state index in [0.29, 0.717) is 24.6 Å². The first kappa shape index (κ1) is 34.7. The second kappa shape index (κ2) is 13.0. The van der Waals surface area contributed by atoms with E-state index < -0.39 is 49.8 Å². The van der Waals surface area contributed by atoms with Crippen LogP contribution in [0, 0.1) is 11.6 Å². The molecule has 264 valence electrons. The lowest BCUT2D eigenvalue weighted by Crippen LogP contribution is -2.45. The van der Waals surface area contributed by atoms with E-state index in [-0.39, 0.29) is 58.8 Å². The standard InChI is InChI=1S/C33H35F2N7O7S/c1-33(2)17-41(50(47,48)21-12-18(34)11-19(35)13-21)16-24-28(33)38-39-30(24)37-31(44)23-14-26(42-8-4-5-25(42)32(45)46)27(15-22(23)29(36)43)49-20-6-9-40(3)10-7-20/h4-5,8,11-15,20H,6-7,9-10,16-17H2,1-3H3,(H2,36,43)(H,45,46)(H2,37,38,39,44). The summed E-state index contributed by atoms with van der Waals surface area (Å²) in [6.07, 6.45) is 2.57. The number of aromatic nitrogens is 3. The van der Waals surface area contributed by atoms with Gasteiger partial charge in [-0.05, 0) is 56.3 Å². The molecule has 50 heavy (non-hydrogen) atoms. The van der Waals surface area contributed by atoms with E-state index in [9.17, 15) is 36.7 Å². The number of benzene rings is 2. The largest absolute Gasteiger partial charge is 0.488 e. The molecule has 4 aromatic rings. The predicted molar refractivity (Wildman–Crippen MR) is 176 cm³/mol. The third-order valence-corrected chi connectivity index (χ3v) is 10.7. The third kappa shape index (κ3) is 6.58. The Kier molecular flexibility index (Phi) is 9.00. The lowest BCUT2D eigenvalue weighted by atomic mass is 9.84. The fourth-order valence-corrected chi connectivity index (χ4v) is 8.01. The molecule has 1 fully saturated rings. The lowest BCUT2D eigenvalue weighted by molar-refractivity contribution is 0.0687. The first-order chi connectivity index (χ1) is 23.5. The molecule has 0 aliphatic carbocycles. The molecule has 1 saturated heterocycles. The number of carbonyl (C=O) groups excluding carboxylic acids is 2. The topological polar surface area (TPSA) is 193 Å². The summed E-state index contributed by atoms with van der Waals surface area (Å²) in [4.78, 5) is 40.4. The number of H-pyrrole nitrogens is 1. The Morgan fingerprint density at radius 1 is 1.08 bits per heavy atom. The average Bonchev–Trinajstić information content (AvgIpc) is 3.69. The number of piperidine rings is 1. The van der Waals surface area contributed by atoms with Crippen LogP contribution in [0.2, 0.25) is 0 Å². The molecule has 5 N–H and O–H groups in total. The molecule has 2 aromatic heterocycles. The van der Waals surface area contributed by atoms with Crippen molar-refractivity contribution in [1.29, 1.82) is 0 Å². The summed E-state index contributed by atoms with van der Waals surface area (Å²) in [7, 11) is -2.42. The number of sulfonamides is 1. The fourth-order valence-electron chi connectivity index (χ4n) is 6.40. The molecule has 2 aromatic carbocycles. The van der Waals surface area contributed by atoms with Crippen molar-refractivity contribution < 1.29 is 41.4 Å². The predicted octanol–water partition coefficient (Wildman–Crippen LogP) is 3.48. The van der Waals surface area contributed by atoms with Gasteiger partial charge in [0.15, 0.2) is 5.82 Å². The number of aromatic amines is 1. The van der Waals surface area contributed by atoms with Crippen molar-refractivity contribution >= 4 is 33.6 Å². The van der Waals surface area contributed by atoms with Gasteiger partial charge in [-0.25, -0.2) is 22.0 Å². The van der Waals surface area contributed by atoms with Gasteiger partial charge in [0, 0.05) is 55.1 Å². The Bertz CT molecular complexity index is 2100. The Balaban J connectivity index is 1.38. The highest BCUT2D eigenvalue weighted by Crippen LogP contribution is 2.38. The Hall–Kier alpha value is -5.13. The highest BCUT2D eigenvalue weighted by atomic mass is 32.2. The van der Waals surface area contributed by atoms with Gasteiger partial charge in [-0.1, -0.05) is 13.8 Å². The number of rotatable bonds is 9. The summed E-state index contributed by atoms with van der Waals surface area (Å²) < 4.78 is 63.8. The van der Waals surface area contributed by atoms with Crippen LogP contribution in [0.15, 0.2) is 53.6 Å². The van der Waals surface area contributed by atoms with Gasteiger partial charge < -0.3 is 30.4 Å². The first-order valence-corrected chi connectivity index (χ1v) is 17.1. The number of ether oxygens (including phenoxy) is 1. The Morgan fingerprint density at radius 2 is 1.76 bits per heavy atom. The molecule has 0 atom stereocenters.